The van der Waals surface area contributed by atoms with E-state index < -0.39 is 0 Å². The maximum atomic E-state index is 6.67. The van der Waals surface area contributed by atoms with Crippen LogP contribution in [0.25, 0.3) is 85.2 Å². The SMILES string of the molecule is c1ccc(N(c2ccc3oc4c5ccccc5c5ccccc5c4c3c2)c2ccc3sc4c5ccccc5c5ccccc5c4c3c2)cc1. The standard InChI is InChI=1S/C46H27NOS/c1-2-12-28(13-3-1)47(29-22-24-41-39(26-29)43-35-18-8-4-14-31(35)33-16-6-10-20-37(33)45(43)48-41)30-23-25-42-40(27-30)44-36-19-9-5-15-32(36)34-17-7-11-21-38(34)46(44)49-42/h1-27H. The van der Waals surface area contributed by atoms with Gasteiger partial charge in [0.1, 0.15) is 11.2 Å². The number of rotatable bonds is 3. The number of para-hydroxylation sites is 1. The Morgan fingerprint density at radius 3 is 1.57 bits per heavy atom. The molecule has 11 rings (SSSR count). The zero-order valence-electron chi connectivity index (χ0n) is 26.4. The summed E-state index contributed by atoms with van der Waals surface area (Å²) in [6.45, 7) is 0. The number of anilines is 3. The third-order valence-corrected chi connectivity index (χ3v) is 11.4. The second kappa shape index (κ2) is 10.2. The van der Waals surface area contributed by atoms with Crippen molar-refractivity contribution in [2.24, 2.45) is 0 Å². The molecule has 0 unspecified atom stereocenters. The van der Waals surface area contributed by atoms with Crippen molar-refractivity contribution in [3.05, 3.63) is 164 Å². The number of fused-ring (bicyclic) bond motifs is 16. The Morgan fingerprint density at radius 2 is 0.878 bits per heavy atom. The van der Waals surface area contributed by atoms with Gasteiger partial charge in [-0.3, -0.25) is 0 Å². The first-order valence-electron chi connectivity index (χ1n) is 16.7. The molecule has 0 N–H and O–H groups in total. The quantitative estimate of drug-likeness (QED) is 0.179. The summed E-state index contributed by atoms with van der Waals surface area (Å²) < 4.78 is 9.31. The molecule has 0 aliphatic carbocycles. The molecule has 0 saturated carbocycles. The molecule has 0 radical (unpaired) electrons. The fourth-order valence-corrected chi connectivity index (χ4v) is 9.33. The van der Waals surface area contributed by atoms with E-state index in [1.807, 2.05) is 11.3 Å². The van der Waals surface area contributed by atoms with Gasteiger partial charge in [0, 0.05) is 58.8 Å². The van der Waals surface area contributed by atoms with Crippen LogP contribution in [0, 0.1) is 0 Å². The topological polar surface area (TPSA) is 16.4 Å². The van der Waals surface area contributed by atoms with E-state index in [1.54, 1.807) is 0 Å². The summed E-state index contributed by atoms with van der Waals surface area (Å²) in [5.41, 5.74) is 5.16. The third-order valence-electron chi connectivity index (χ3n) is 10.2. The van der Waals surface area contributed by atoms with E-state index in [4.69, 9.17) is 4.42 Å². The number of furan rings is 1. The summed E-state index contributed by atoms with van der Waals surface area (Å²) in [7, 11) is 0. The smallest absolute Gasteiger partial charge is 0.143 e. The summed E-state index contributed by atoms with van der Waals surface area (Å²) >= 11 is 1.89. The Hall–Kier alpha value is -6.16. The van der Waals surface area contributed by atoms with Gasteiger partial charge in [-0.05, 0) is 80.8 Å². The molecule has 228 valence electrons. The Balaban J connectivity index is 1.20. The monoisotopic (exact) mass is 641 g/mol. The highest BCUT2D eigenvalue weighted by atomic mass is 32.1. The van der Waals surface area contributed by atoms with E-state index in [9.17, 15) is 0 Å². The van der Waals surface area contributed by atoms with Crippen molar-refractivity contribution in [3.63, 3.8) is 0 Å². The van der Waals surface area contributed by atoms with Crippen LogP contribution in [0.4, 0.5) is 17.1 Å². The summed E-state index contributed by atoms with van der Waals surface area (Å²) in [5, 5.41) is 14.9. The molecular weight excluding hydrogens is 615 g/mol. The highest BCUT2D eigenvalue weighted by Crippen LogP contribution is 2.47. The largest absolute Gasteiger partial charge is 0.455 e. The minimum Gasteiger partial charge on any atom is -0.455 e. The normalized spacial score (nSPS) is 12.1. The minimum atomic E-state index is 0.894. The Morgan fingerprint density at radius 1 is 0.367 bits per heavy atom. The fourth-order valence-electron chi connectivity index (χ4n) is 8.09. The van der Waals surface area contributed by atoms with E-state index >= 15 is 0 Å². The van der Waals surface area contributed by atoms with Gasteiger partial charge in [-0.25, -0.2) is 0 Å². The second-order valence-electron chi connectivity index (χ2n) is 12.8. The number of hydrogen-bond donors (Lipinski definition) is 0. The lowest BCUT2D eigenvalue weighted by Gasteiger charge is -2.25. The van der Waals surface area contributed by atoms with Gasteiger partial charge in [-0.2, -0.15) is 0 Å². The van der Waals surface area contributed by atoms with Crippen molar-refractivity contribution < 1.29 is 4.42 Å². The molecule has 2 nitrogen and oxygen atoms in total. The van der Waals surface area contributed by atoms with E-state index in [2.05, 4.69) is 169 Å². The van der Waals surface area contributed by atoms with Crippen LogP contribution in [-0.2, 0) is 0 Å². The highest BCUT2D eigenvalue weighted by Gasteiger charge is 2.20. The second-order valence-corrected chi connectivity index (χ2v) is 13.9. The molecule has 0 bridgehead atoms. The van der Waals surface area contributed by atoms with E-state index in [0.29, 0.717) is 0 Å². The van der Waals surface area contributed by atoms with Gasteiger partial charge in [-0.15, -0.1) is 11.3 Å². The van der Waals surface area contributed by atoms with Crippen LogP contribution in [-0.4, -0.2) is 0 Å². The van der Waals surface area contributed by atoms with Crippen LogP contribution >= 0.6 is 11.3 Å². The minimum absolute atomic E-state index is 0.894. The molecule has 2 aromatic heterocycles. The van der Waals surface area contributed by atoms with Gasteiger partial charge in [0.05, 0.1) is 0 Å². The molecule has 0 atom stereocenters. The summed E-state index contributed by atoms with van der Waals surface area (Å²) in [5.74, 6) is 0. The van der Waals surface area contributed by atoms with E-state index in [0.717, 1.165) is 44.4 Å². The summed E-state index contributed by atoms with van der Waals surface area (Å²) in [4.78, 5) is 2.38. The lowest BCUT2D eigenvalue weighted by Crippen LogP contribution is -2.09. The molecular formula is C46H27NOS. The van der Waals surface area contributed by atoms with Gasteiger partial charge >= 0.3 is 0 Å². The maximum absolute atomic E-state index is 6.67. The van der Waals surface area contributed by atoms with Gasteiger partial charge in [0.2, 0.25) is 0 Å². The molecule has 0 amide bonds. The maximum Gasteiger partial charge on any atom is 0.143 e. The zero-order chi connectivity index (χ0) is 32.1. The first kappa shape index (κ1) is 26.9. The van der Waals surface area contributed by atoms with Crippen LogP contribution in [0.1, 0.15) is 0 Å². The molecule has 0 spiro atoms. The Bertz CT molecular complexity index is 2920. The Kier molecular flexibility index (Phi) is 5.57. The molecule has 11 aromatic rings. The highest BCUT2D eigenvalue weighted by molar-refractivity contribution is 7.27. The van der Waals surface area contributed by atoms with E-state index in [-0.39, 0.29) is 0 Å². The number of nitrogens with zero attached hydrogens (tertiary/aromatic N) is 1. The summed E-state index contributed by atoms with van der Waals surface area (Å²) in [6.07, 6.45) is 0. The first-order valence-corrected chi connectivity index (χ1v) is 17.5. The number of benzene rings is 9. The molecule has 0 aliphatic rings. The number of thiophene rings is 1. The van der Waals surface area contributed by atoms with Crippen LogP contribution in [0.5, 0.6) is 0 Å². The van der Waals surface area contributed by atoms with Crippen molar-refractivity contribution in [2.45, 2.75) is 0 Å². The lowest BCUT2D eigenvalue weighted by atomic mass is 9.96. The fraction of sp³-hybridized carbons (Fsp3) is 0. The zero-order valence-corrected chi connectivity index (χ0v) is 27.2. The van der Waals surface area contributed by atoms with Crippen LogP contribution in [0.2, 0.25) is 0 Å². The van der Waals surface area contributed by atoms with Crippen molar-refractivity contribution in [3.8, 4) is 0 Å². The Labute approximate surface area is 285 Å². The molecule has 0 saturated heterocycles. The lowest BCUT2D eigenvalue weighted by molar-refractivity contribution is 0.673. The van der Waals surface area contributed by atoms with Crippen molar-refractivity contribution in [1.29, 1.82) is 0 Å². The predicted molar refractivity (Wildman–Crippen MR) is 211 cm³/mol. The molecule has 3 heteroatoms. The average molecular weight is 642 g/mol. The third kappa shape index (κ3) is 3.82. The molecule has 49 heavy (non-hydrogen) atoms. The van der Waals surface area contributed by atoms with Gasteiger partial charge in [0.15, 0.2) is 0 Å². The molecule has 2 heterocycles. The van der Waals surface area contributed by atoms with Gasteiger partial charge < -0.3 is 9.32 Å². The molecule has 0 aliphatic heterocycles. The summed E-state index contributed by atoms with van der Waals surface area (Å²) in [6, 6.07) is 59.3. The van der Waals surface area contributed by atoms with Crippen LogP contribution in [0.3, 0.4) is 0 Å². The predicted octanol–water partition coefficient (Wildman–Crippen LogP) is 14.0. The van der Waals surface area contributed by atoms with Crippen molar-refractivity contribution in [1.82, 2.24) is 0 Å². The van der Waals surface area contributed by atoms with Crippen molar-refractivity contribution >= 4 is 114 Å². The molecule has 9 aromatic carbocycles. The number of hydrogen-bond acceptors (Lipinski definition) is 3. The molecule has 0 fully saturated rings. The van der Waals surface area contributed by atoms with Gasteiger partial charge in [0.25, 0.3) is 0 Å². The van der Waals surface area contributed by atoms with Crippen LogP contribution < -0.4 is 4.90 Å². The van der Waals surface area contributed by atoms with Crippen molar-refractivity contribution in [2.75, 3.05) is 4.90 Å². The van der Waals surface area contributed by atoms with Crippen LogP contribution in [0.15, 0.2) is 168 Å². The van der Waals surface area contributed by atoms with Gasteiger partial charge in [-0.1, -0.05) is 115 Å². The first-order chi connectivity index (χ1) is 24.3. The van der Waals surface area contributed by atoms with E-state index in [1.165, 1.54) is 57.9 Å². The average Bonchev–Trinajstić information content (AvgIpc) is 3.75.